The summed E-state index contributed by atoms with van der Waals surface area (Å²) in [5.41, 5.74) is 8.84. The van der Waals surface area contributed by atoms with E-state index in [4.69, 9.17) is 5.73 Å². The molecule has 0 spiro atoms. The Morgan fingerprint density at radius 3 is 2.15 bits per heavy atom. The van der Waals surface area contributed by atoms with E-state index in [1.54, 1.807) is 23.2 Å². The van der Waals surface area contributed by atoms with Crippen LogP contribution in [-0.2, 0) is 4.79 Å². The van der Waals surface area contributed by atoms with Crippen LogP contribution in [0.5, 0.6) is 0 Å². The van der Waals surface area contributed by atoms with Crippen molar-refractivity contribution in [2.24, 2.45) is 11.7 Å². The van der Waals surface area contributed by atoms with Crippen molar-refractivity contribution in [1.29, 1.82) is 0 Å². The fourth-order valence-electron chi connectivity index (χ4n) is 3.87. The topological polar surface area (TPSA) is 121 Å². The van der Waals surface area contributed by atoms with E-state index < -0.39 is 5.91 Å². The van der Waals surface area contributed by atoms with Crippen LogP contribution in [0.3, 0.4) is 0 Å². The SMILES string of the molecule is CC(C)C.NC(=O)c1ccc(-c2ccccc2)cn1.O=C(NCC(=O)N1CCCC1)c1cc2ccccc2[nH]1. The predicted molar refractivity (Wildman–Crippen MR) is 155 cm³/mol. The number of nitrogens with one attached hydrogen (secondary N) is 2. The fraction of sp³-hybridized carbons (Fsp3) is 0.290. The van der Waals surface area contributed by atoms with E-state index in [1.807, 2.05) is 60.7 Å². The first-order chi connectivity index (χ1) is 18.7. The van der Waals surface area contributed by atoms with E-state index in [0.717, 1.165) is 53.9 Å². The number of amides is 3. The Morgan fingerprint density at radius 1 is 0.923 bits per heavy atom. The number of nitrogens with zero attached hydrogens (tertiary/aromatic N) is 2. The molecule has 0 bridgehead atoms. The summed E-state index contributed by atoms with van der Waals surface area (Å²) in [4.78, 5) is 43.5. The second-order valence-corrected chi connectivity index (χ2v) is 9.94. The largest absolute Gasteiger partial charge is 0.364 e. The van der Waals surface area contributed by atoms with Crippen molar-refractivity contribution in [2.45, 2.75) is 33.6 Å². The highest BCUT2D eigenvalue weighted by molar-refractivity contribution is 5.99. The van der Waals surface area contributed by atoms with Gasteiger partial charge in [-0.1, -0.05) is 75.4 Å². The molecule has 1 saturated heterocycles. The second-order valence-electron chi connectivity index (χ2n) is 9.94. The first-order valence-corrected chi connectivity index (χ1v) is 13.2. The number of aromatic amines is 1. The molecule has 0 radical (unpaired) electrons. The molecule has 8 heteroatoms. The third-order valence-corrected chi connectivity index (χ3v) is 5.76. The summed E-state index contributed by atoms with van der Waals surface area (Å²) >= 11 is 0. The molecule has 3 amide bonds. The van der Waals surface area contributed by atoms with E-state index in [9.17, 15) is 14.4 Å². The van der Waals surface area contributed by atoms with Crippen molar-refractivity contribution >= 4 is 28.6 Å². The summed E-state index contributed by atoms with van der Waals surface area (Å²) in [6.07, 6.45) is 3.76. The molecule has 0 atom stereocenters. The summed E-state index contributed by atoms with van der Waals surface area (Å²) in [5, 5.41) is 3.66. The molecule has 4 N–H and O–H groups in total. The molecule has 39 heavy (non-hydrogen) atoms. The van der Waals surface area contributed by atoms with E-state index >= 15 is 0 Å². The molecule has 1 aliphatic rings. The number of para-hydroxylation sites is 1. The average molecular weight is 528 g/mol. The van der Waals surface area contributed by atoms with E-state index in [2.05, 4.69) is 36.1 Å². The number of nitrogens with two attached hydrogens (primary N) is 1. The maximum Gasteiger partial charge on any atom is 0.268 e. The molecule has 204 valence electrons. The molecular formula is C31H37N5O3. The molecule has 8 nitrogen and oxygen atoms in total. The van der Waals surface area contributed by atoms with Gasteiger partial charge in [-0.15, -0.1) is 0 Å². The highest BCUT2D eigenvalue weighted by atomic mass is 16.2. The quantitative estimate of drug-likeness (QED) is 0.337. The van der Waals surface area contributed by atoms with Crippen LogP contribution in [0.25, 0.3) is 22.0 Å². The molecule has 0 aliphatic carbocycles. The number of carbonyl (C=O) groups excluding carboxylic acids is 3. The molecule has 1 aliphatic heterocycles. The first-order valence-electron chi connectivity index (χ1n) is 13.2. The standard InChI is InChI=1S/C15H17N3O2.C12H10N2O.C4H10/c19-14(18-7-3-4-8-18)10-16-15(20)13-9-11-5-1-2-6-12(11)17-13;13-12(15)11-7-6-10(8-14-11)9-4-2-1-3-5-9;1-4(2)3/h1-2,5-6,9,17H,3-4,7-8,10H2,(H,16,20);1-8H,(H2,13,15);4H,1-3H3. The molecule has 5 rings (SSSR count). The molecule has 3 heterocycles. The van der Waals surface area contributed by atoms with Crippen LogP contribution in [-0.4, -0.2) is 52.2 Å². The molecule has 0 unspecified atom stereocenters. The predicted octanol–water partition coefficient (Wildman–Crippen LogP) is 5.03. The molecule has 1 fully saturated rings. The fourth-order valence-corrected chi connectivity index (χ4v) is 3.87. The van der Waals surface area contributed by atoms with Crippen LogP contribution in [0.4, 0.5) is 0 Å². The first kappa shape index (κ1) is 29.1. The number of likely N-dealkylation sites (tertiary alicyclic amines) is 1. The van der Waals surface area contributed by atoms with Crippen molar-refractivity contribution in [3.63, 3.8) is 0 Å². The number of benzene rings is 2. The van der Waals surface area contributed by atoms with Gasteiger partial charge < -0.3 is 20.9 Å². The number of carbonyl (C=O) groups is 3. The summed E-state index contributed by atoms with van der Waals surface area (Å²) in [5.74, 6) is 0.0790. The molecule has 2 aromatic carbocycles. The van der Waals surface area contributed by atoms with Gasteiger partial charge in [-0.05, 0) is 42.5 Å². The second kappa shape index (κ2) is 14.5. The minimum atomic E-state index is -0.505. The highest BCUT2D eigenvalue weighted by Gasteiger charge is 2.18. The van der Waals surface area contributed by atoms with Gasteiger partial charge >= 0.3 is 0 Å². The minimum absolute atomic E-state index is 0.00744. The van der Waals surface area contributed by atoms with Gasteiger partial charge in [0.15, 0.2) is 0 Å². The number of hydrogen-bond acceptors (Lipinski definition) is 4. The van der Waals surface area contributed by atoms with Crippen LogP contribution >= 0.6 is 0 Å². The van der Waals surface area contributed by atoms with Crippen molar-refractivity contribution < 1.29 is 14.4 Å². The van der Waals surface area contributed by atoms with E-state index in [-0.39, 0.29) is 24.1 Å². The van der Waals surface area contributed by atoms with Crippen molar-refractivity contribution in [3.05, 3.63) is 90.4 Å². The lowest BCUT2D eigenvalue weighted by molar-refractivity contribution is -0.129. The van der Waals surface area contributed by atoms with Crippen LogP contribution in [0.15, 0.2) is 79.0 Å². The summed E-state index contributed by atoms with van der Waals surface area (Å²) in [6, 6.07) is 22.8. The van der Waals surface area contributed by atoms with Gasteiger partial charge in [-0.2, -0.15) is 0 Å². The average Bonchev–Trinajstić information content (AvgIpc) is 3.63. The van der Waals surface area contributed by atoms with Gasteiger partial charge in [0.2, 0.25) is 5.91 Å². The zero-order valence-electron chi connectivity index (χ0n) is 22.8. The lowest BCUT2D eigenvalue weighted by Gasteiger charge is -2.15. The maximum atomic E-state index is 12.0. The Morgan fingerprint density at radius 2 is 1.56 bits per heavy atom. The molecular weight excluding hydrogens is 490 g/mol. The highest BCUT2D eigenvalue weighted by Crippen LogP contribution is 2.17. The summed E-state index contributed by atoms with van der Waals surface area (Å²) < 4.78 is 0. The number of fused-ring (bicyclic) bond motifs is 1. The van der Waals surface area contributed by atoms with Gasteiger partial charge in [-0.3, -0.25) is 19.4 Å². The summed E-state index contributed by atoms with van der Waals surface area (Å²) in [7, 11) is 0. The third-order valence-electron chi connectivity index (χ3n) is 5.76. The zero-order chi connectivity index (χ0) is 28.2. The lowest BCUT2D eigenvalue weighted by Crippen LogP contribution is -2.38. The van der Waals surface area contributed by atoms with E-state index in [1.165, 1.54) is 0 Å². The Bertz CT molecular complexity index is 1320. The minimum Gasteiger partial charge on any atom is -0.364 e. The van der Waals surface area contributed by atoms with Gasteiger partial charge in [0.1, 0.15) is 11.4 Å². The number of hydrogen-bond donors (Lipinski definition) is 3. The van der Waals surface area contributed by atoms with Crippen molar-refractivity contribution in [3.8, 4) is 11.1 Å². The third kappa shape index (κ3) is 9.10. The lowest BCUT2D eigenvalue weighted by atomic mass is 10.1. The van der Waals surface area contributed by atoms with Crippen LogP contribution in [0.2, 0.25) is 0 Å². The normalized spacial score (nSPS) is 12.3. The van der Waals surface area contributed by atoms with Crippen LogP contribution in [0, 0.1) is 5.92 Å². The van der Waals surface area contributed by atoms with Crippen molar-refractivity contribution in [2.75, 3.05) is 19.6 Å². The smallest absolute Gasteiger partial charge is 0.268 e. The number of aromatic nitrogens is 2. The van der Waals surface area contributed by atoms with Gasteiger partial charge in [-0.25, -0.2) is 0 Å². The zero-order valence-corrected chi connectivity index (χ0v) is 22.8. The van der Waals surface area contributed by atoms with Crippen molar-refractivity contribution in [1.82, 2.24) is 20.2 Å². The Hall–Kier alpha value is -4.46. The molecule has 0 saturated carbocycles. The number of rotatable bonds is 5. The Kier molecular flexibility index (Phi) is 10.8. The number of pyridine rings is 1. The van der Waals surface area contributed by atoms with Gasteiger partial charge in [0, 0.05) is 35.8 Å². The number of H-pyrrole nitrogens is 1. The van der Waals surface area contributed by atoms with Gasteiger partial charge in [0.05, 0.1) is 6.54 Å². The van der Waals surface area contributed by atoms with E-state index in [0.29, 0.717) is 5.69 Å². The molecule has 4 aromatic rings. The van der Waals surface area contributed by atoms with Gasteiger partial charge in [0.25, 0.3) is 11.8 Å². The Labute approximate surface area is 229 Å². The molecule has 2 aromatic heterocycles. The summed E-state index contributed by atoms with van der Waals surface area (Å²) in [6.45, 7) is 8.18. The Balaban J connectivity index is 0.000000196. The van der Waals surface area contributed by atoms with Crippen LogP contribution in [0.1, 0.15) is 54.6 Å². The number of primary amides is 1. The monoisotopic (exact) mass is 527 g/mol. The van der Waals surface area contributed by atoms with Crippen LogP contribution < -0.4 is 11.1 Å². The maximum absolute atomic E-state index is 12.0.